The molecule has 0 bridgehead atoms. The van der Waals surface area contributed by atoms with E-state index in [9.17, 15) is 18.0 Å². The summed E-state index contributed by atoms with van der Waals surface area (Å²) in [7, 11) is 0. The van der Waals surface area contributed by atoms with Gasteiger partial charge in [0.15, 0.2) is 5.58 Å². The van der Waals surface area contributed by atoms with Crippen LogP contribution in [-0.2, 0) is 11.0 Å². The van der Waals surface area contributed by atoms with E-state index >= 15 is 0 Å². The van der Waals surface area contributed by atoms with Crippen LogP contribution in [0.3, 0.4) is 0 Å². The van der Waals surface area contributed by atoms with Gasteiger partial charge in [-0.05, 0) is 37.3 Å². The number of nitrogens with one attached hydrogen (secondary N) is 1. The molecule has 1 heterocycles. The van der Waals surface area contributed by atoms with Crippen molar-refractivity contribution >= 4 is 46.1 Å². The fourth-order valence-corrected chi connectivity index (χ4v) is 3.06. The number of anilines is 1. The lowest BCUT2D eigenvalue weighted by Crippen LogP contribution is -2.23. The molecule has 0 aliphatic heterocycles. The average molecular weight is 401 g/mol. The lowest BCUT2D eigenvalue weighted by Gasteiger charge is -2.13. The quantitative estimate of drug-likeness (QED) is 0.577. The second-order valence-corrected chi connectivity index (χ2v) is 7.09. The van der Waals surface area contributed by atoms with E-state index in [2.05, 4.69) is 10.3 Å². The maximum absolute atomic E-state index is 12.8. The summed E-state index contributed by atoms with van der Waals surface area (Å²) in [4.78, 5) is 16.6. The van der Waals surface area contributed by atoms with Crippen molar-refractivity contribution in [2.75, 3.05) is 5.32 Å². The Hall–Kier alpha value is -2.19. The second-order valence-electron chi connectivity index (χ2n) is 5.39. The molecule has 136 valence electrons. The summed E-state index contributed by atoms with van der Waals surface area (Å²) >= 11 is 6.95. The van der Waals surface area contributed by atoms with Crippen LogP contribution >= 0.6 is 23.4 Å². The summed E-state index contributed by atoms with van der Waals surface area (Å²) in [6, 6.07) is 9.89. The number of hydrogen-bond donors (Lipinski definition) is 1. The number of benzene rings is 2. The third-order valence-electron chi connectivity index (χ3n) is 3.47. The Bertz CT molecular complexity index is 926. The molecule has 0 aliphatic carbocycles. The number of fused-ring (bicyclic) bond motifs is 1. The van der Waals surface area contributed by atoms with E-state index in [1.807, 2.05) is 6.07 Å². The molecule has 3 rings (SSSR count). The first-order valence-electron chi connectivity index (χ1n) is 7.44. The van der Waals surface area contributed by atoms with Crippen LogP contribution < -0.4 is 5.32 Å². The van der Waals surface area contributed by atoms with Crippen LogP contribution in [0.4, 0.5) is 18.9 Å². The minimum Gasteiger partial charge on any atom is -0.431 e. The van der Waals surface area contributed by atoms with Crippen molar-refractivity contribution in [3.8, 4) is 0 Å². The Balaban J connectivity index is 1.73. The molecular formula is C17H12ClF3N2O2S. The van der Waals surface area contributed by atoms with E-state index in [1.165, 1.54) is 0 Å². The number of halogens is 4. The first kappa shape index (κ1) is 18.6. The van der Waals surface area contributed by atoms with Crippen molar-refractivity contribution in [2.45, 2.75) is 23.6 Å². The fraction of sp³-hybridized carbons (Fsp3) is 0.176. The molecular weight excluding hydrogens is 389 g/mol. The summed E-state index contributed by atoms with van der Waals surface area (Å²) in [5.41, 5.74) is 0.250. The van der Waals surface area contributed by atoms with Crippen LogP contribution in [0.2, 0.25) is 5.02 Å². The molecule has 0 saturated heterocycles. The predicted molar refractivity (Wildman–Crippen MR) is 94.4 cm³/mol. The van der Waals surface area contributed by atoms with Crippen molar-refractivity contribution < 1.29 is 22.4 Å². The summed E-state index contributed by atoms with van der Waals surface area (Å²) in [5.74, 6) is -0.515. The molecule has 0 unspecified atom stereocenters. The van der Waals surface area contributed by atoms with Crippen molar-refractivity contribution in [2.24, 2.45) is 0 Å². The molecule has 1 aromatic heterocycles. The maximum atomic E-state index is 12.8. The van der Waals surface area contributed by atoms with E-state index in [-0.39, 0.29) is 10.7 Å². The maximum Gasteiger partial charge on any atom is 0.416 e. The second kappa shape index (κ2) is 7.20. The van der Waals surface area contributed by atoms with Crippen LogP contribution in [0.25, 0.3) is 11.1 Å². The van der Waals surface area contributed by atoms with Crippen LogP contribution in [0, 0.1) is 0 Å². The van der Waals surface area contributed by atoms with Crippen molar-refractivity contribution in [3.63, 3.8) is 0 Å². The zero-order chi connectivity index (χ0) is 18.9. The highest BCUT2D eigenvalue weighted by atomic mass is 35.5. The van der Waals surface area contributed by atoms with Gasteiger partial charge in [0.25, 0.3) is 5.22 Å². The number of para-hydroxylation sites is 2. The third-order valence-corrected chi connectivity index (χ3v) is 4.75. The molecule has 0 radical (unpaired) electrons. The van der Waals surface area contributed by atoms with Gasteiger partial charge in [0, 0.05) is 0 Å². The van der Waals surface area contributed by atoms with Gasteiger partial charge in [0.2, 0.25) is 5.91 Å². The van der Waals surface area contributed by atoms with Gasteiger partial charge in [0.05, 0.1) is 21.5 Å². The SMILES string of the molecule is C[C@@H](Sc1nc2ccccc2o1)C(=O)Nc1cc(C(F)(F)F)ccc1Cl. The van der Waals surface area contributed by atoms with Gasteiger partial charge in [-0.3, -0.25) is 4.79 Å². The smallest absolute Gasteiger partial charge is 0.416 e. The number of rotatable bonds is 4. The van der Waals surface area contributed by atoms with E-state index in [1.54, 1.807) is 25.1 Å². The lowest BCUT2D eigenvalue weighted by molar-refractivity contribution is -0.137. The molecule has 1 atom stereocenters. The first-order chi connectivity index (χ1) is 12.2. The van der Waals surface area contributed by atoms with Crippen LogP contribution in [0.1, 0.15) is 12.5 Å². The number of thioether (sulfide) groups is 1. The highest BCUT2D eigenvalue weighted by Crippen LogP contribution is 2.34. The van der Waals surface area contributed by atoms with Crippen molar-refractivity contribution in [1.29, 1.82) is 0 Å². The van der Waals surface area contributed by atoms with E-state index in [4.69, 9.17) is 16.0 Å². The molecule has 4 nitrogen and oxygen atoms in total. The highest BCUT2D eigenvalue weighted by molar-refractivity contribution is 8.00. The first-order valence-corrected chi connectivity index (χ1v) is 8.69. The molecule has 0 aliphatic rings. The standard InChI is InChI=1S/C17H12ClF3N2O2S/c1-9(26-16-23-12-4-2-3-5-14(12)25-16)15(24)22-13-8-10(17(19,20)21)6-7-11(13)18/h2-9H,1H3,(H,22,24)/t9-/m1/s1. The number of nitrogens with zero attached hydrogens (tertiary/aromatic N) is 1. The van der Waals surface area contributed by atoms with Gasteiger partial charge < -0.3 is 9.73 Å². The van der Waals surface area contributed by atoms with Crippen LogP contribution in [0.15, 0.2) is 52.1 Å². The molecule has 3 aromatic rings. The highest BCUT2D eigenvalue weighted by Gasteiger charge is 2.31. The summed E-state index contributed by atoms with van der Waals surface area (Å²) in [6.07, 6.45) is -4.53. The topological polar surface area (TPSA) is 55.1 Å². The largest absolute Gasteiger partial charge is 0.431 e. The Kier molecular flexibility index (Phi) is 5.15. The fourth-order valence-electron chi connectivity index (χ4n) is 2.14. The number of aromatic nitrogens is 1. The third kappa shape index (κ3) is 4.13. The van der Waals surface area contributed by atoms with E-state index in [0.717, 1.165) is 30.0 Å². The number of oxazole rings is 1. The Morgan fingerprint density at radius 3 is 2.69 bits per heavy atom. The molecule has 0 fully saturated rings. The zero-order valence-electron chi connectivity index (χ0n) is 13.3. The van der Waals surface area contributed by atoms with Crippen LogP contribution in [-0.4, -0.2) is 16.1 Å². The predicted octanol–water partition coefficient (Wildman–Crippen LogP) is 5.62. The minimum absolute atomic E-state index is 0.0189. The Morgan fingerprint density at radius 2 is 2.00 bits per heavy atom. The van der Waals surface area contributed by atoms with Gasteiger partial charge in [-0.25, -0.2) is 4.98 Å². The normalized spacial score (nSPS) is 13.0. The van der Waals surface area contributed by atoms with Crippen molar-refractivity contribution in [1.82, 2.24) is 4.98 Å². The molecule has 1 N–H and O–H groups in total. The summed E-state index contributed by atoms with van der Waals surface area (Å²) in [5, 5.41) is 2.07. The Morgan fingerprint density at radius 1 is 1.27 bits per heavy atom. The summed E-state index contributed by atoms with van der Waals surface area (Å²) < 4.78 is 43.9. The van der Waals surface area contributed by atoms with Gasteiger partial charge in [0.1, 0.15) is 5.52 Å². The molecule has 9 heteroatoms. The van der Waals surface area contributed by atoms with Crippen molar-refractivity contribution in [3.05, 3.63) is 53.1 Å². The molecule has 1 amide bonds. The van der Waals surface area contributed by atoms with E-state index in [0.29, 0.717) is 16.3 Å². The van der Waals surface area contributed by atoms with Gasteiger partial charge in [-0.1, -0.05) is 35.5 Å². The van der Waals surface area contributed by atoms with Gasteiger partial charge in [-0.2, -0.15) is 13.2 Å². The average Bonchev–Trinajstić information content (AvgIpc) is 2.97. The molecule has 2 aromatic carbocycles. The van der Waals surface area contributed by atoms with Gasteiger partial charge in [-0.15, -0.1) is 0 Å². The number of carbonyl (C=O) groups excluding carboxylic acids is 1. The number of amides is 1. The number of alkyl halides is 3. The van der Waals surface area contributed by atoms with E-state index < -0.39 is 22.9 Å². The van der Waals surface area contributed by atoms with Crippen LogP contribution in [0.5, 0.6) is 0 Å². The molecule has 0 spiro atoms. The molecule has 26 heavy (non-hydrogen) atoms. The summed E-state index contributed by atoms with van der Waals surface area (Å²) in [6.45, 7) is 1.59. The lowest BCUT2D eigenvalue weighted by atomic mass is 10.2. The number of hydrogen-bond acceptors (Lipinski definition) is 4. The molecule has 0 saturated carbocycles. The number of carbonyl (C=O) groups is 1. The minimum atomic E-state index is -4.53. The monoisotopic (exact) mass is 400 g/mol. The Labute approximate surface area is 155 Å². The van der Waals surface area contributed by atoms with Gasteiger partial charge >= 0.3 is 6.18 Å². The zero-order valence-corrected chi connectivity index (χ0v) is 14.9.